The van der Waals surface area contributed by atoms with E-state index in [1.165, 1.54) is 22.8 Å². The molecule has 88 valence electrons. The molecule has 2 aromatic carbocycles. The monoisotopic (exact) mass is 226 g/mol. The molecule has 1 saturated heterocycles. The molecular weight excluding hydrogens is 208 g/mol. The predicted molar refractivity (Wildman–Crippen MR) is 71.2 cm³/mol. The van der Waals surface area contributed by atoms with E-state index >= 15 is 0 Å². The lowest BCUT2D eigenvalue weighted by Gasteiger charge is -2.14. The summed E-state index contributed by atoms with van der Waals surface area (Å²) in [6.45, 7) is 3.12. The molecule has 2 aromatic rings. The van der Waals surface area contributed by atoms with Gasteiger partial charge in [-0.05, 0) is 42.0 Å². The first-order valence-corrected chi connectivity index (χ1v) is 6.42. The Hall–Kier alpha value is -1.34. The van der Waals surface area contributed by atoms with E-state index in [0.29, 0.717) is 12.0 Å². The van der Waals surface area contributed by atoms with Crippen molar-refractivity contribution in [1.29, 1.82) is 0 Å². The standard InChI is InChI=1S/C16H18O/c1-12-15(8-9-17-12)10-13-6-7-14-4-2-3-5-16(14)11-13/h2-7,11-12,15H,8-10H2,1H3/t12-,15?/m1/s1. The molecule has 1 aliphatic heterocycles. The number of ether oxygens (including phenoxy) is 1. The Morgan fingerprint density at radius 3 is 2.71 bits per heavy atom. The van der Waals surface area contributed by atoms with E-state index in [0.717, 1.165) is 13.0 Å². The van der Waals surface area contributed by atoms with Crippen molar-refractivity contribution >= 4 is 10.8 Å². The molecule has 0 bridgehead atoms. The van der Waals surface area contributed by atoms with Crippen LogP contribution in [0.5, 0.6) is 0 Å². The van der Waals surface area contributed by atoms with Gasteiger partial charge in [-0.2, -0.15) is 0 Å². The molecular formula is C16H18O. The number of fused-ring (bicyclic) bond motifs is 1. The Morgan fingerprint density at radius 1 is 1.12 bits per heavy atom. The molecule has 1 nitrogen and oxygen atoms in total. The summed E-state index contributed by atoms with van der Waals surface area (Å²) in [5.41, 5.74) is 1.44. The fourth-order valence-electron chi connectivity index (χ4n) is 2.71. The van der Waals surface area contributed by atoms with Gasteiger partial charge in [0.2, 0.25) is 0 Å². The van der Waals surface area contributed by atoms with E-state index in [2.05, 4.69) is 49.4 Å². The molecule has 1 fully saturated rings. The van der Waals surface area contributed by atoms with Gasteiger partial charge >= 0.3 is 0 Å². The van der Waals surface area contributed by atoms with Gasteiger partial charge in [-0.3, -0.25) is 0 Å². The summed E-state index contributed by atoms with van der Waals surface area (Å²) in [5.74, 6) is 0.691. The van der Waals surface area contributed by atoms with Crippen molar-refractivity contribution in [2.75, 3.05) is 6.61 Å². The Bertz CT molecular complexity index is 518. The SMILES string of the molecule is C[C@H]1OCCC1Cc1ccc2ccccc2c1. The maximum Gasteiger partial charge on any atom is 0.0579 e. The van der Waals surface area contributed by atoms with Gasteiger partial charge in [-0.25, -0.2) is 0 Å². The normalized spacial score (nSPS) is 24.3. The van der Waals surface area contributed by atoms with E-state index in [9.17, 15) is 0 Å². The molecule has 3 rings (SSSR count). The minimum absolute atomic E-state index is 0.418. The Balaban J connectivity index is 1.85. The third-order valence-electron chi connectivity index (χ3n) is 3.85. The van der Waals surface area contributed by atoms with Crippen LogP contribution < -0.4 is 0 Å². The molecule has 1 unspecified atom stereocenters. The van der Waals surface area contributed by atoms with Crippen molar-refractivity contribution in [2.24, 2.45) is 5.92 Å². The number of hydrogen-bond donors (Lipinski definition) is 0. The minimum Gasteiger partial charge on any atom is -0.378 e. The molecule has 1 heteroatoms. The van der Waals surface area contributed by atoms with E-state index in [1.807, 2.05) is 0 Å². The second kappa shape index (κ2) is 4.50. The first-order valence-electron chi connectivity index (χ1n) is 6.42. The average Bonchev–Trinajstić information content (AvgIpc) is 2.75. The van der Waals surface area contributed by atoms with Crippen LogP contribution in [-0.2, 0) is 11.2 Å². The van der Waals surface area contributed by atoms with Crippen LogP contribution in [0.2, 0.25) is 0 Å². The van der Waals surface area contributed by atoms with Crippen molar-refractivity contribution < 1.29 is 4.74 Å². The van der Waals surface area contributed by atoms with Crippen molar-refractivity contribution in [3.05, 3.63) is 48.0 Å². The fraction of sp³-hybridized carbons (Fsp3) is 0.375. The topological polar surface area (TPSA) is 9.23 Å². The highest BCUT2D eigenvalue weighted by atomic mass is 16.5. The Morgan fingerprint density at radius 2 is 1.94 bits per heavy atom. The van der Waals surface area contributed by atoms with Crippen molar-refractivity contribution in [1.82, 2.24) is 0 Å². The zero-order chi connectivity index (χ0) is 11.7. The molecule has 1 heterocycles. The largest absolute Gasteiger partial charge is 0.378 e. The fourth-order valence-corrected chi connectivity index (χ4v) is 2.71. The average molecular weight is 226 g/mol. The molecule has 17 heavy (non-hydrogen) atoms. The Labute approximate surface area is 102 Å². The van der Waals surface area contributed by atoms with Gasteiger partial charge in [0.1, 0.15) is 0 Å². The lowest BCUT2D eigenvalue weighted by molar-refractivity contribution is 0.106. The third kappa shape index (κ3) is 2.20. The quantitative estimate of drug-likeness (QED) is 0.756. The molecule has 0 amide bonds. The maximum absolute atomic E-state index is 5.63. The summed E-state index contributed by atoms with van der Waals surface area (Å²) in [6, 6.07) is 15.4. The summed E-state index contributed by atoms with van der Waals surface area (Å²) in [7, 11) is 0. The Kier molecular flexibility index (Phi) is 2.86. The maximum atomic E-state index is 5.63. The van der Waals surface area contributed by atoms with Crippen LogP contribution in [0.3, 0.4) is 0 Å². The summed E-state index contributed by atoms with van der Waals surface area (Å²) >= 11 is 0. The third-order valence-corrected chi connectivity index (χ3v) is 3.85. The summed E-state index contributed by atoms with van der Waals surface area (Å²) in [6.07, 6.45) is 2.77. The second-order valence-corrected chi connectivity index (χ2v) is 5.01. The summed E-state index contributed by atoms with van der Waals surface area (Å²) < 4.78 is 5.63. The second-order valence-electron chi connectivity index (χ2n) is 5.01. The highest BCUT2D eigenvalue weighted by Gasteiger charge is 2.24. The number of benzene rings is 2. The molecule has 0 saturated carbocycles. The van der Waals surface area contributed by atoms with Crippen molar-refractivity contribution in [2.45, 2.75) is 25.9 Å². The van der Waals surface area contributed by atoms with Gasteiger partial charge in [-0.15, -0.1) is 0 Å². The lowest BCUT2D eigenvalue weighted by atomic mass is 9.93. The molecule has 0 radical (unpaired) electrons. The molecule has 0 aliphatic carbocycles. The summed E-state index contributed by atoms with van der Waals surface area (Å²) in [4.78, 5) is 0. The first-order chi connectivity index (χ1) is 8.33. The first kappa shape index (κ1) is 10.8. The molecule has 0 N–H and O–H groups in total. The van der Waals surface area contributed by atoms with Crippen LogP contribution in [0.15, 0.2) is 42.5 Å². The minimum atomic E-state index is 0.418. The van der Waals surface area contributed by atoms with Crippen LogP contribution in [0.25, 0.3) is 10.8 Å². The number of rotatable bonds is 2. The number of hydrogen-bond acceptors (Lipinski definition) is 1. The zero-order valence-electron chi connectivity index (χ0n) is 10.2. The lowest BCUT2D eigenvalue weighted by Crippen LogP contribution is -2.13. The highest BCUT2D eigenvalue weighted by Crippen LogP contribution is 2.26. The highest BCUT2D eigenvalue weighted by molar-refractivity contribution is 5.82. The van der Waals surface area contributed by atoms with Gasteiger partial charge in [0.25, 0.3) is 0 Å². The zero-order valence-corrected chi connectivity index (χ0v) is 10.2. The van der Waals surface area contributed by atoms with E-state index in [1.54, 1.807) is 0 Å². The van der Waals surface area contributed by atoms with Crippen molar-refractivity contribution in [3.8, 4) is 0 Å². The van der Waals surface area contributed by atoms with Gasteiger partial charge in [0, 0.05) is 6.61 Å². The van der Waals surface area contributed by atoms with Gasteiger partial charge in [0.05, 0.1) is 6.10 Å². The molecule has 0 aromatic heterocycles. The molecule has 0 spiro atoms. The molecule has 2 atom stereocenters. The van der Waals surface area contributed by atoms with Crippen LogP contribution in [-0.4, -0.2) is 12.7 Å². The smallest absolute Gasteiger partial charge is 0.0579 e. The van der Waals surface area contributed by atoms with Gasteiger partial charge in [-0.1, -0.05) is 42.5 Å². The van der Waals surface area contributed by atoms with E-state index < -0.39 is 0 Å². The molecule has 1 aliphatic rings. The van der Waals surface area contributed by atoms with Gasteiger partial charge in [0.15, 0.2) is 0 Å². The van der Waals surface area contributed by atoms with E-state index in [-0.39, 0.29) is 0 Å². The van der Waals surface area contributed by atoms with Crippen molar-refractivity contribution in [3.63, 3.8) is 0 Å². The van der Waals surface area contributed by atoms with Crippen LogP contribution in [0.4, 0.5) is 0 Å². The van der Waals surface area contributed by atoms with Crippen LogP contribution in [0.1, 0.15) is 18.9 Å². The predicted octanol–water partition coefficient (Wildman–Crippen LogP) is 3.81. The van der Waals surface area contributed by atoms with E-state index in [4.69, 9.17) is 4.74 Å². The van der Waals surface area contributed by atoms with Gasteiger partial charge < -0.3 is 4.74 Å². The summed E-state index contributed by atoms with van der Waals surface area (Å²) in [5, 5.41) is 2.67. The van der Waals surface area contributed by atoms with Crippen LogP contribution in [0, 0.1) is 5.92 Å². The van der Waals surface area contributed by atoms with Crippen LogP contribution >= 0.6 is 0 Å².